The Morgan fingerprint density at radius 1 is 0.833 bits per heavy atom. The van der Waals surface area contributed by atoms with Gasteiger partial charge in [0.2, 0.25) is 0 Å². The molecule has 0 aliphatic rings. The third kappa shape index (κ3) is 363. The van der Waals surface area contributed by atoms with Gasteiger partial charge in [-0.1, -0.05) is 0 Å². The average Bonchev–Trinajstić information content (AvgIpc) is 0.918. The van der Waals surface area contributed by atoms with Gasteiger partial charge < -0.3 is 0 Å². The zero-order chi connectivity index (χ0) is 2.71. The predicted molar refractivity (Wildman–Crippen MR) is 24.1 cm³/mol. The second-order valence-electron chi connectivity index (χ2n) is 0.101. The van der Waals surface area contributed by atoms with Crippen molar-refractivity contribution in [2.24, 2.45) is 0 Å². The van der Waals surface area contributed by atoms with Crippen molar-refractivity contribution in [3.05, 3.63) is 0 Å². The molecule has 44 valence electrons. The van der Waals surface area contributed by atoms with Crippen LogP contribution >= 0.6 is 23.2 Å². The molecule has 0 fully saturated rings. The molecule has 0 heterocycles. The summed E-state index contributed by atoms with van der Waals surface area (Å²) >= 11 is 9.53. The quantitative estimate of drug-likeness (QED) is 0.456. The van der Waals surface area contributed by atoms with Crippen molar-refractivity contribution >= 4 is 23.2 Å². The fourth-order valence-electron chi connectivity index (χ4n) is 0. The molecule has 0 aromatic rings. The van der Waals surface area contributed by atoms with E-state index in [-0.39, 0.29) is 19.5 Å². The maximum atomic E-state index is 4.76. The topological polar surface area (TPSA) is 0 Å². The lowest BCUT2D eigenvalue weighted by Crippen LogP contribution is -1.24. The highest BCUT2D eigenvalue weighted by Gasteiger charge is 1.41. The summed E-state index contributed by atoms with van der Waals surface area (Å²) in [6.07, 6.45) is 0. The SMILES string of the molecule is ClCCl.F.F.F. The number of rotatable bonds is 0. The predicted octanol–water partition coefficient (Wildman–Crippen LogP) is 1.88. The van der Waals surface area contributed by atoms with Crippen molar-refractivity contribution in [2.75, 3.05) is 5.34 Å². The van der Waals surface area contributed by atoms with Crippen LogP contribution < -0.4 is 0 Å². The zero-order valence-corrected chi connectivity index (χ0v) is 4.20. The number of hydrogen-bond donors (Lipinski definition) is 0. The van der Waals surface area contributed by atoms with Gasteiger partial charge in [-0.3, -0.25) is 14.1 Å². The Bertz CT molecular complexity index is 8.75. The van der Waals surface area contributed by atoms with Gasteiger partial charge in [0.25, 0.3) is 0 Å². The zero-order valence-electron chi connectivity index (χ0n) is 2.69. The van der Waals surface area contributed by atoms with Crippen molar-refractivity contribution in [2.45, 2.75) is 0 Å². The third-order valence-corrected chi connectivity index (χ3v) is 0. The summed E-state index contributed by atoms with van der Waals surface area (Å²) in [6, 6.07) is 0. The second kappa shape index (κ2) is 54.6. The van der Waals surface area contributed by atoms with E-state index in [1.165, 1.54) is 0 Å². The maximum absolute atomic E-state index is 4.76. The fraction of sp³-hybridized carbons (Fsp3) is 1.00. The molecule has 0 aromatic carbocycles. The van der Waals surface area contributed by atoms with Crippen LogP contribution in [0.1, 0.15) is 0 Å². The van der Waals surface area contributed by atoms with E-state index in [9.17, 15) is 0 Å². The Kier molecular flexibility index (Phi) is 298. The molecule has 0 nitrogen and oxygen atoms in total. The standard InChI is InChI=1S/CH2Cl2.3FH/c2-1-3;;;/h1H2;3*1H. The minimum atomic E-state index is 0. The third-order valence-electron chi connectivity index (χ3n) is 0. The highest BCUT2D eigenvalue weighted by molar-refractivity contribution is 6.40. The summed E-state index contributed by atoms with van der Waals surface area (Å²) < 4.78 is 0. The first-order valence-corrected chi connectivity index (χ1v) is 1.60. The lowest BCUT2D eigenvalue weighted by atomic mass is 11.9. The van der Waals surface area contributed by atoms with Crippen molar-refractivity contribution in [1.29, 1.82) is 0 Å². The van der Waals surface area contributed by atoms with Crippen LogP contribution in [-0.4, -0.2) is 5.34 Å². The van der Waals surface area contributed by atoms with Crippen LogP contribution in [0.3, 0.4) is 0 Å². The monoisotopic (exact) mass is 144 g/mol. The van der Waals surface area contributed by atoms with Gasteiger partial charge in [-0.15, -0.1) is 23.2 Å². The largest absolute Gasteiger partial charge is 0.269 e. The van der Waals surface area contributed by atoms with Crippen LogP contribution in [0.15, 0.2) is 0 Å². The first-order chi connectivity index (χ1) is 1.41. The van der Waals surface area contributed by atoms with Gasteiger partial charge in [0, 0.05) is 0 Å². The smallest absolute Gasteiger partial charge is 0.0967 e. The van der Waals surface area contributed by atoms with Crippen LogP contribution in [0.2, 0.25) is 0 Å². The Balaban J connectivity index is -0.00000000667. The van der Waals surface area contributed by atoms with E-state index in [0.29, 0.717) is 0 Å². The molecule has 0 atom stereocenters. The molecule has 0 amide bonds. The molecule has 0 bridgehead atoms. The molecule has 0 aliphatic carbocycles. The average molecular weight is 145 g/mol. The molecule has 0 unspecified atom stereocenters. The molecule has 0 saturated heterocycles. The van der Waals surface area contributed by atoms with Crippen LogP contribution in [0, 0.1) is 0 Å². The van der Waals surface area contributed by atoms with Crippen LogP contribution in [0.25, 0.3) is 0 Å². The Labute approximate surface area is 43.5 Å². The van der Waals surface area contributed by atoms with E-state index in [4.69, 9.17) is 23.2 Å². The molecular weight excluding hydrogens is 140 g/mol. The Morgan fingerprint density at radius 3 is 0.833 bits per heavy atom. The maximum Gasteiger partial charge on any atom is 0.0967 e. The van der Waals surface area contributed by atoms with Crippen LogP contribution in [0.4, 0.5) is 14.1 Å². The summed E-state index contributed by atoms with van der Waals surface area (Å²) in [5.74, 6) is 0. The number of hydrogen-bond acceptors (Lipinski definition) is 0. The van der Waals surface area contributed by atoms with Crippen molar-refractivity contribution in [1.82, 2.24) is 0 Å². The van der Waals surface area contributed by atoms with Crippen molar-refractivity contribution < 1.29 is 14.1 Å². The number of halogens is 5. The minimum absolute atomic E-state index is 0. The van der Waals surface area contributed by atoms with Gasteiger partial charge in [-0.05, 0) is 0 Å². The Morgan fingerprint density at radius 2 is 0.833 bits per heavy atom. The summed E-state index contributed by atoms with van der Waals surface area (Å²) in [7, 11) is 0. The van der Waals surface area contributed by atoms with Gasteiger partial charge in [-0.2, -0.15) is 0 Å². The molecule has 0 N–H and O–H groups in total. The molecule has 0 radical (unpaired) electrons. The molecule has 0 rings (SSSR count). The molecule has 0 aromatic heterocycles. The molecule has 0 spiro atoms. The molecular formula is CH5Cl2F3. The molecule has 0 aliphatic heterocycles. The van der Waals surface area contributed by atoms with Crippen molar-refractivity contribution in [3.8, 4) is 0 Å². The van der Waals surface area contributed by atoms with Gasteiger partial charge in [0.05, 0.1) is 5.34 Å². The lowest BCUT2D eigenvalue weighted by molar-refractivity contribution is 1.11. The highest BCUT2D eigenvalue weighted by atomic mass is 35.5. The summed E-state index contributed by atoms with van der Waals surface area (Å²) in [5, 5.41) is 0.194. The minimum Gasteiger partial charge on any atom is -0.269 e. The summed E-state index contributed by atoms with van der Waals surface area (Å²) in [6.45, 7) is 0. The van der Waals surface area contributed by atoms with Gasteiger partial charge in [-0.25, -0.2) is 0 Å². The van der Waals surface area contributed by atoms with E-state index >= 15 is 0 Å². The fourth-order valence-corrected chi connectivity index (χ4v) is 0. The Hall–Kier alpha value is 0.370. The van der Waals surface area contributed by atoms with Crippen LogP contribution in [0.5, 0.6) is 0 Å². The molecule has 5 heteroatoms. The second-order valence-corrected chi connectivity index (χ2v) is 0.909. The normalized spacial score (nSPS) is 3.00. The highest BCUT2D eigenvalue weighted by Crippen LogP contribution is 1.73. The van der Waals surface area contributed by atoms with Crippen molar-refractivity contribution in [3.63, 3.8) is 0 Å². The molecule has 0 saturated carbocycles. The molecule has 6 heavy (non-hydrogen) atoms. The summed E-state index contributed by atoms with van der Waals surface area (Å²) in [4.78, 5) is 0. The van der Waals surface area contributed by atoms with E-state index in [1.807, 2.05) is 0 Å². The lowest BCUT2D eigenvalue weighted by Gasteiger charge is -1.42. The van der Waals surface area contributed by atoms with Gasteiger partial charge >= 0.3 is 0 Å². The van der Waals surface area contributed by atoms with E-state index in [1.54, 1.807) is 0 Å². The first kappa shape index (κ1) is 32.7. The van der Waals surface area contributed by atoms with Crippen LogP contribution in [-0.2, 0) is 0 Å². The van der Waals surface area contributed by atoms with Gasteiger partial charge in [0.1, 0.15) is 0 Å². The first-order valence-electron chi connectivity index (χ1n) is 0.535. The number of alkyl halides is 2. The van der Waals surface area contributed by atoms with E-state index in [2.05, 4.69) is 0 Å². The summed E-state index contributed by atoms with van der Waals surface area (Å²) in [5.41, 5.74) is 0. The van der Waals surface area contributed by atoms with Gasteiger partial charge in [0.15, 0.2) is 0 Å². The van der Waals surface area contributed by atoms with E-state index in [0.717, 1.165) is 0 Å². The van der Waals surface area contributed by atoms with E-state index < -0.39 is 0 Å².